The van der Waals surface area contributed by atoms with Gasteiger partial charge in [0.1, 0.15) is 17.1 Å². The van der Waals surface area contributed by atoms with Crippen molar-refractivity contribution in [3.63, 3.8) is 0 Å². The van der Waals surface area contributed by atoms with E-state index in [2.05, 4.69) is 0 Å². The largest absolute Gasteiger partial charge is 0.508 e. The Hall–Kier alpha value is -3.98. The van der Waals surface area contributed by atoms with Crippen LogP contribution in [0.3, 0.4) is 0 Å². The van der Waals surface area contributed by atoms with Crippen LogP contribution in [0.2, 0.25) is 0 Å². The molecule has 0 aliphatic carbocycles. The van der Waals surface area contributed by atoms with Gasteiger partial charge >= 0.3 is 5.97 Å². The fourth-order valence-electron chi connectivity index (χ4n) is 3.80. The van der Waals surface area contributed by atoms with Crippen molar-refractivity contribution in [3.8, 4) is 17.2 Å². The number of aryl methyl sites for hydroxylation is 1. The molecule has 0 spiro atoms. The second-order valence-corrected chi connectivity index (χ2v) is 8.61. The van der Waals surface area contributed by atoms with Crippen molar-refractivity contribution in [1.29, 1.82) is 0 Å². The Bertz CT molecular complexity index is 1340. The molecule has 174 valence electrons. The molecule has 3 aromatic rings. The number of carbonyl (C=O) groups is 3. The lowest BCUT2D eigenvalue weighted by Crippen LogP contribution is -2.27. The molecule has 1 aromatic heterocycles. The summed E-state index contributed by atoms with van der Waals surface area (Å²) in [6, 6.07) is 12.4. The third-order valence-corrected chi connectivity index (χ3v) is 6.26. The number of nitrogens with zero attached hydrogens (tertiary/aromatic N) is 2. The summed E-state index contributed by atoms with van der Waals surface area (Å²) in [5, 5.41) is 19.1. The highest BCUT2D eigenvalue weighted by Gasteiger charge is 2.36. The Morgan fingerprint density at radius 2 is 1.71 bits per heavy atom. The number of amides is 2. The zero-order valence-electron chi connectivity index (χ0n) is 18.7. The Kier molecular flexibility index (Phi) is 6.21. The number of anilines is 1. The number of phenols is 2. The SMILES string of the molecule is CCOC(=O)c1cc(-n2c(C)cc(/C=C3/SC(=O)N(c4ccc(O)cc4)C3=O)c2C)ccc1O. The minimum absolute atomic E-state index is 0.0408. The number of thioether (sulfide) groups is 1. The van der Waals surface area contributed by atoms with Gasteiger partial charge in [-0.15, -0.1) is 0 Å². The first kappa shape index (κ1) is 23.2. The molecule has 8 nitrogen and oxygen atoms in total. The standard InChI is InChI=1S/C25H22N2O6S/c1-4-33-24(31)20-13-18(7-10-21(20)29)26-14(2)11-16(15(26)3)12-22-23(30)27(25(32)34-22)17-5-8-19(28)9-6-17/h5-13,28-29H,4H2,1-3H3/b22-12+. The number of aromatic hydroxyl groups is 2. The zero-order chi connectivity index (χ0) is 24.6. The number of imide groups is 1. The monoisotopic (exact) mass is 478 g/mol. The highest BCUT2D eigenvalue weighted by molar-refractivity contribution is 8.19. The highest BCUT2D eigenvalue weighted by Crippen LogP contribution is 2.37. The van der Waals surface area contributed by atoms with Crippen LogP contribution in [-0.4, -0.2) is 38.5 Å². The lowest BCUT2D eigenvalue weighted by molar-refractivity contribution is -0.113. The van der Waals surface area contributed by atoms with E-state index in [9.17, 15) is 24.6 Å². The Morgan fingerprint density at radius 1 is 1.03 bits per heavy atom. The Labute approximate surface area is 200 Å². The van der Waals surface area contributed by atoms with E-state index in [0.29, 0.717) is 11.4 Å². The van der Waals surface area contributed by atoms with Gasteiger partial charge in [0.2, 0.25) is 0 Å². The number of hydrogen-bond acceptors (Lipinski definition) is 7. The number of benzene rings is 2. The van der Waals surface area contributed by atoms with Gasteiger partial charge < -0.3 is 19.5 Å². The van der Waals surface area contributed by atoms with Crippen molar-refractivity contribution in [2.24, 2.45) is 0 Å². The van der Waals surface area contributed by atoms with Crippen molar-refractivity contribution in [2.45, 2.75) is 20.8 Å². The molecule has 0 atom stereocenters. The van der Waals surface area contributed by atoms with Crippen molar-refractivity contribution in [3.05, 3.63) is 76.0 Å². The van der Waals surface area contributed by atoms with Crippen LogP contribution in [0.25, 0.3) is 11.8 Å². The van der Waals surface area contributed by atoms with Gasteiger partial charge in [-0.05, 0) is 92.7 Å². The first-order chi connectivity index (χ1) is 16.2. The van der Waals surface area contributed by atoms with Crippen LogP contribution >= 0.6 is 11.8 Å². The fourth-order valence-corrected chi connectivity index (χ4v) is 4.63. The van der Waals surface area contributed by atoms with E-state index in [1.54, 1.807) is 25.1 Å². The molecule has 4 rings (SSSR count). The zero-order valence-corrected chi connectivity index (χ0v) is 19.5. The van der Waals surface area contributed by atoms with Gasteiger partial charge in [-0.2, -0.15) is 0 Å². The molecule has 0 radical (unpaired) electrons. The van der Waals surface area contributed by atoms with E-state index < -0.39 is 17.1 Å². The highest BCUT2D eigenvalue weighted by atomic mass is 32.2. The third kappa shape index (κ3) is 4.17. The van der Waals surface area contributed by atoms with Crippen LogP contribution in [0.1, 0.15) is 34.2 Å². The van der Waals surface area contributed by atoms with Crippen molar-refractivity contribution >= 4 is 40.6 Å². The minimum Gasteiger partial charge on any atom is -0.508 e. The summed E-state index contributed by atoms with van der Waals surface area (Å²) >= 11 is 0.842. The van der Waals surface area contributed by atoms with Crippen LogP contribution < -0.4 is 4.90 Å². The van der Waals surface area contributed by atoms with Gasteiger partial charge in [-0.3, -0.25) is 9.59 Å². The molecule has 0 saturated carbocycles. The number of carbonyl (C=O) groups excluding carboxylic acids is 3. The number of esters is 1. The summed E-state index contributed by atoms with van der Waals surface area (Å²) in [6.45, 7) is 5.62. The average Bonchev–Trinajstić information content (AvgIpc) is 3.23. The van der Waals surface area contributed by atoms with E-state index in [-0.39, 0.29) is 28.6 Å². The van der Waals surface area contributed by atoms with Crippen LogP contribution in [0.5, 0.6) is 11.5 Å². The molecule has 34 heavy (non-hydrogen) atoms. The number of aromatic nitrogens is 1. The van der Waals surface area contributed by atoms with E-state index in [4.69, 9.17) is 4.74 Å². The summed E-state index contributed by atoms with van der Waals surface area (Å²) in [5.74, 6) is -1.20. The molecule has 0 unspecified atom stereocenters. The lowest BCUT2D eigenvalue weighted by Gasteiger charge is -2.12. The fraction of sp³-hybridized carbons (Fsp3) is 0.160. The molecule has 2 N–H and O–H groups in total. The molecule has 1 saturated heterocycles. The number of ether oxygens (including phenoxy) is 1. The van der Waals surface area contributed by atoms with E-state index in [0.717, 1.165) is 33.6 Å². The predicted octanol–water partition coefficient (Wildman–Crippen LogP) is 4.92. The molecule has 2 amide bonds. The van der Waals surface area contributed by atoms with Gasteiger partial charge in [0.15, 0.2) is 0 Å². The summed E-state index contributed by atoms with van der Waals surface area (Å²) in [5.41, 5.74) is 3.44. The maximum Gasteiger partial charge on any atom is 0.341 e. The molecular weight excluding hydrogens is 456 g/mol. The topological polar surface area (TPSA) is 109 Å². The van der Waals surface area contributed by atoms with Gasteiger partial charge in [0.05, 0.1) is 17.2 Å². The molecule has 1 fully saturated rings. The van der Waals surface area contributed by atoms with Crippen molar-refractivity contribution < 1.29 is 29.3 Å². The predicted molar refractivity (Wildman–Crippen MR) is 129 cm³/mol. The Morgan fingerprint density at radius 3 is 2.38 bits per heavy atom. The first-order valence-corrected chi connectivity index (χ1v) is 11.3. The van der Waals surface area contributed by atoms with E-state index in [1.165, 1.54) is 30.3 Å². The quantitative estimate of drug-likeness (QED) is 0.396. The first-order valence-electron chi connectivity index (χ1n) is 10.5. The minimum atomic E-state index is -0.618. The van der Waals surface area contributed by atoms with E-state index in [1.807, 2.05) is 24.5 Å². The molecular formula is C25H22N2O6S. The van der Waals surface area contributed by atoms with Gasteiger partial charge in [-0.1, -0.05) is 0 Å². The molecule has 1 aliphatic heterocycles. The summed E-state index contributed by atoms with van der Waals surface area (Å²) in [4.78, 5) is 39.0. The van der Waals surface area contributed by atoms with Crippen LogP contribution in [-0.2, 0) is 9.53 Å². The lowest BCUT2D eigenvalue weighted by atomic mass is 10.1. The molecule has 9 heteroatoms. The molecule has 0 bridgehead atoms. The smallest absolute Gasteiger partial charge is 0.341 e. The van der Waals surface area contributed by atoms with Crippen LogP contribution in [0.4, 0.5) is 10.5 Å². The second-order valence-electron chi connectivity index (χ2n) is 7.62. The van der Waals surface area contributed by atoms with Crippen molar-refractivity contribution in [2.75, 3.05) is 11.5 Å². The van der Waals surface area contributed by atoms with Gasteiger partial charge in [0.25, 0.3) is 11.1 Å². The van der Waals surface area contributed by atoms with Crippen molar-refractivity contribution in [1.82, 2.24) is 4.57 Å². The Balaban J connectivity index is 1.69. The second kappa shape index (κ2) is 9.11. The number of phenolic OH excluding ortho intramolecular Hbond substituents is 2. The molecule has 2 aromatic carbocycles. The third-order valence-electron chi connectivity index (χ3n) is 5.39. The summed E-state index contributed by atoms with van der Waals surface area (Å²) < 4.78 is 6.91. The van der Waals surface area contributed by atoms with Gasteiger partial charge in [-0.25, -0.2) is 9.69 Å². The average molecular weight is 479 g/mol. The molecule has 2 heterocycles. The van der Waals surface area contributed by atoms with Crippen LogP contribution in [0.15, 0.2) is 53.4 Å². The maximum atomic E-state index is 13.0. The molecule has 1 aliphatic rings. The number of rotatable bonds is 5. The van der Waals surface area contributed by atoms with Gasteiger partial charge in [0, 0.05) is 17.1 Å². The summed E-state index contributed by atoms with van der Waals surface area (Å²) in [6.07, 6.45) is 1.66. The van der Waals surface area contributed by atoms with E-state index >= 15 is 0 Å². The maximum absolute atomic E-state index is 13.0. The number of hydrogen-bond donors (Lipinski definition) is 2. The summed E-state index contributed by atoms with van der Waals surface area (Å²) in [7, 11) is 0. The van der Waals surface area contributed by atoms with Crippen LogP contribution in [0, 0.1) is 13.8 Å². The normalized spacial score (nSPS) is 14.8.